The van der Waals surface area contributed by atoms with Crippen LogP contribution in [0.2, 0.25) is 0 Å². The molecule has 202 valence electrons. The van der Waals surface area contributed by atoms with Crippen LogP contribution >= 0.6 is 45.7 Å². The van der Waals surface area contributed by atoms with Gasteiger partial charge in [0.2, 0.25) is 0 Å². The van der Waals surface area contributed by atoms with E-state index in [1.807, 2.05) is 36.6 Å². The maximum Gasteiger partial charge on any atom is 0.338 e. The molecule has 2 aromatic carbocycles. The van der Waals surface area contributed by atoms with E-state index in [2.05, 4.69) is 33.5 Å². The first-order valence-corrected chi connectivity index (χ1v) is 15.1. The van der Waals surface area contributed by atoms with Crippen LogP contribution < -0.4 is 24.4 Å². The van der Waals surface area contributed by atoms with Crippen molar-refractivity contribution in [3.8, 4) is 23.8 Å². The van der Waals surface area contributed by atoms with E-state index in [0.717, 1.165) is 19.6 Å². The van der Waals surface area contributed by atoms with Gasteiger partial charge in [-0.2, -0.15) is 0 Å². The summed E-state index contributed by atoms with van der Waals surface area (Å²) in [6, 6.07) is 10.9. The number of allylic oxidation sites excluding steroid dienone is 1. The van der Waals surface area contributed by atoms with E-state index in [1.165, 1.54) is 11.3 Å². The lowest BCUT2D eigenvalue weighted by atomic mass is 9.96. The van der Waals surface area contributed by atoms with Crippen LogP contribution in [0.25, 0.3) is 6.08 Å². The Balaban J connectivity index is 1.90. The Bertz CT molecular complexity index is 1660. The molecule has 0 unspecified atom stereocenters. The zero-order chi connectivity index (χ0) is 28.3. The third-order valence-electron chi connectivity index (χ3n) is 5.87. The first-order valence-electron chi connectivity index (χ1n) is 12.0. The molecule has 0 aliphatic carbocycles. The number of methoxy groups -OCH3 is 1. The highest BCUT2D eigenvalue weighted by molar-refractivity contribution is 14.1. The molecule has 0 spiro atoms. The Morgan fingerprint density at radius 1 is 1.31 bits per heavy atom. The van der Waals surface area contributed by atoms with E-state index in [1.54, 1.807) is 56.4 Å². The number of carbonyl (C=O) groups excluding carboxylic acids is 1. The van der Waals surface area contributed by atoms with E-state index in [-0.39, 0.29) is 18.3 Å². The number of thioether (sulfide) groups is 1. The Morgan fingerprint density at radius 2 is 2.03 bits per heavy atom. The van der Waals surface area contributed by atoms with Crippen molar-refractivity contribution in [3.63, 3.8) is 0 Å². The van der Waals surface area contributed by atoms with Crippen molar-refractivity contribution in [1.29, 1.82) is 0 Å². The fourth-order valence-electron chi connectivity index (χ4n) is 4.19. The van der Waals surface area contributed by atoms with E-state index >= 15 is 0 Å². The van der Waals surface area contributed by atoms with E-state index in [9.17, 15) is 9.59 Å². The minimum Gasteiger partial charge on any atom is -0.493 e. The van der Waals surface area contributed by atoms with Crippen LogP contribution in [0.3, 0.4) is 0 Å². The number of hydrogen-bond acceptors (Lipinski definition) is 8. The molecular formula is C29H27IN2O5S2. The monoisotopic (exact) mass is 674 g/mol. The number of aromatic nitrogens is 1. The van der Waals surface area contributed by atoms with Gasteiger partial charge in [0.1, 0.15) is 6.61 Å². The minimum absolute atomic E-state index is 0.114. The SMILES string of the molecule is C#CCOc1c(I)cc(/C=c2\sc3n(c2=O)[C@H](c2ccc(SC)cc2)C(C(=O)OC(C)C)=C(C)N=3)cc1OC. The number of fused-ring (bicyclic) bond motifs is 1. The summed E-state index contributed by atoms with van der Waals surface area (Å²) in [5, 5.41) is 0. The normalized spacial score (nSPS) is 15.0. The lowest BCUT2D eigenvalue weighted by molar-refractivity contribution is -0.143. The predicted molar refractivity (Wildman–Crippen MR) is 163 cm³/mol. The first-order chi connectivity index (χ1) is 18.7. The summed E-state index contributed by atoms with van der Waals surface area (Å²) in [5.41, 5.74) is 2.19. The quantitative estimate of drug-likeness (QED) is 0.151. The van der Waals surface area contributed by atoms with Crippen LogP contribution in [0, 0.1) is 15.9 Å². The van der Waals surface area contributed by atoms with Gasteiger partial charge in [0.15, 0.2) is 16.3 Å². The molecule has 39 heavy (non-hydrogen) atoms. The largest absolute Gasteiger partial charge is 0.493 e. The Hall–Kier alpha value is -3.01. The predicted octanol–water partition coefficient (Wildman–Crippen LogP) is 4.53. The summed E-state index contributed by atoms with van der Waals surface area (Å²) in [7, 11) is 1.55. The third-order valence-corrected chi connectivity index (χ3v) is 8.39. The summed E-state index contributed by atoms with van der Waals surface area (Å²) in [5.74, 6) is 3.03. The molecule has 0 N–H and O–H groups in total. The van der Waals surface area contributed by atoms with Gasteiger partial charge in [-0.3, -0.25) is 9.36 Å². The molecule has 2 heterocycles. The van der Waals surface area contributed by atoms with Gasteiger partial charge in [0, 0.05) is 4.90 Å². The molecule has 4 rings (SSSR count). The van der Waals surface area contributed by atoms with Gasteiger partial charge >= 0.3 is 5.97 Å². The van der Waals surface area contributed by atoms with Gasteiger partial charge in [0.05, 0.1) is 38.6 Å². The van der Waals surface area contributed by atoms with Crippen molar-refractivity contribution < 1.29 is 19.0 Å². The summed E-state index contributed by atoms with van der Waals surface area (Å²) in [6.45, 7) is 5.48. The second kappa shape index (κ2) is 12.4. The van der Waals surface area contributed by atoms with Gasteiger partial charge in [-0.05, 0) is 91.1 Å². The molecule has 0 amide bonds. The van der Waals surface area contributed by atoms with Crippen LogP contribution in [-0.2, 0) is 9.53 Å². The average molecular weight is 675 g/mol. The van der Waals surface area contributed by atoms with Crippen molar-refractivity contribution in [2.24, 2.45) is 4.99 Å². The maximum atomic E-state index is 13.9. The summed E-state index contributed by atoms with van der Waals surface area (Å²) >= 11 is 5.04. The summed E-state index contributed by atoms with van der Waals surface area (Å²) in [4.78, 5) is 33.4. The maximum absolute atomic E-state index is 13.9. The van der Waals surface area contributed by atoms with E-state index < -0.39 is 12.0 Å². The molecule has 1 atom stereocenters. The molecule has 0 saturated carbocycles. The Morgan fingerprint density at radius 3 is 2.64 bits per heavy atom. The smallest absolute Gasteiger partial charge is 0.338 e. The number of thiazole rings is 1. The molecule has 1 aliphatic rings. The molecule has 0 saturated heterocycles. The third kappa shape index (κ3) is 6.10. The van der Waals surface area contributed by atoms with Crippen molar-refractivity contribution in [2.75, 3.05) is 20.0 Å². The molecule has 1 aromatic heterocycles. The number of ether oxygens (including phenoxy) is 3. The Kier molecular flexibility index (Phi) is 9.25. The van der Waals surface area contributed by atoms with Crippen molar-refractivity contribution in [2.45, 2.75) is 37.8 Å². The van der Waals surface area contributed by atoms with Crippen LogP contribution in [0.5, 0.6) is 11.5 Å². The van der Waals surface area contributed by atoms with Crippen LogP contribution in [0.1, 0.15) is 37.9 Å². The van der Waals surface area contributed by atoms with Crippen molar-refractivity contribution in [3.05, 3.63) is 82.1 Å². The zero-order valence-electron chi connectivity index (χ0n) is 22.1. The number of hydrogen-bond donors (Lipinski definition) is 0. The standard InChI is InChI=1S/C29H27IN2O5S2/c1-7-12-36-26-21(30)13-18(14-22(26)35-5)15-23-27(33)32-25(19-8-10-20(38-6)11-9-19)24(28(34)37-16(2)3)17(4)31-29(32)39-23/h1,8-11,13-16,25H,12H2,2-6H3/b23-15-/t25-/m1/s1. The van der Waals surface area contributed by atoms with Crippen LogP contribution in [0.15, 0.2) is 62.4 Å². The van der Waals surface area contributed by atoms with E-state index in [0.29, 0.717) is 32.1 Å². The second-order valence-corrected chi connectivity index (χ2v) is 11.9. The summed E-state index contributed by atoms with van der Waals surface area (Å²) in [6.07, 6.45) is 8.82. The molecule has 7 nitrogen and oxygen atoms in total. The van der Waals surface area contributed by atoms with Gasteiger partial charge in [-0.25, -0.2) is 9.79 Å². The number of nitrogens with zero attached hydrogens (tertiary/aromatic N) is 2. The number of esters is 1. The fraction of sp³-hybridized carbons (Fsp3) is 0.276. The van der Waals surface area contributed by atoms with Crippen LogP contribution in [0.4, 0.5) is 0 Å². The number of halogens is 1. The molecule has 0 fully saturated rings. The average Bonchev–Trinajstić information content (AvgIpc) is 3.20. The molecule has 1 aliphatic heterocycles. The molecule has 10 heteroatoms. The summed E-state index contributed by atoms with van der Waals surface area (Å²) < 4.78 is 19.6. The second-order valence-electron chi connectivity index (χ2n) is 8.84. The fourth-order valence-corrected chi connectivity index (χ4v) is 6.43. The number of rotatable bonds is 8. The van der Waals surface area contributed by atoms with Gasteiger partial charge < -0.3 is 14.2 Å². The molecule has 0 bridgehead atoms. The number of carbonyl (C=O) groups is 1. The highest BCUT2D eigenvalue weighted by Gasteiger charge is 2.33. The van der Waals surface area contributed by atoms with Gasteiger partial charge in [-0.1, -0.05) is 29.4 Å². The lowest BCUT2D eigenvalue weighted by Gasteiger charge is -2.25. The number of terminal acetylenes is 1. The van der Waals surface area contributed by atoms with Crippen LogP contribution in [-0.4, -0.2) is 36.6 Å². The van der Waals surface area contributed by atoms with E-state index in [4.69, 9.17) is 20.6 Å². The zero-order valence-corrected chi connectivity index (χ0v) is 25.9. The Labute approximate surface area is 248 Å². The van der Waals surface area contributed by atoms with Gasteiger partial charge in [-0.15, -0.1) is 18.2 Å². The first kappa shape index (κ1) is 29.0. The molecular weight excluding hydrogens is 647 g/mol. The molecule has 0 radical (unpaired) electrons. The topological polar surface area (TPSA) is 79.1 Å². The molecule has 3 aromatic rings. The minimum atomic E-state index is -0.667. The lowest BCUT2D eigenvalue weighted by Crippen LogP contribution is -2.40. The number of benzene rings is 2. The highest BCUT2D eigenvalue weighted by Crippen LogP contribution is 2.35. The van der Waals surface area contributed by atoms with Crippen molar-refractivity contribution in [1.82, 2.24) is 4.57 Å². The highest BCUT2D eigenvalue weighted by atomic mass is 127. The van der Waals surface area contributed by atoms with Gasteiger partial charge in [0.25, 0.3) is 5.56 Å². The van der Waals surface area contributed by atoms with Crippen molar-refractivity contribution >= 4 is 57.7 Å².